The van der Waals surface area contributed by atoms with E-state index in [1.807, 2.05) is 24.3 Å². The second-order valence-corrected chi connectivity index (χ2v) is 3.98. The Balaban J connectivity index is 2.48. The fourth-order valence-corrected chi connectivity index (χ4v) is 1.86. The Labute approximate surface area is 99.5 Å². The summed E-state index contributed by atoms with van der Waals surface area (Å²) >= 11 is 0. The fourth-order valence-electron chi connectivity index (χ4n) is 1.86. The molecule has 0 radical (unpaired) electrons. The first kappa shape index (κ1) is 11.7. The number of aliphatic hydroxyl groups excluding tert-OH is 1. The van der Waals surface area contributed by atoms with Gasteiger partial charge < -0.3 is 15.0 Å². The first-order chi connectivity index (χ1) is 8.24. The van der Waals surface area contributed by atoms with Crippen LogP contribution in [0.25, 0.3) is 10.9 Å². The average molecular weight is 232 g/mol. The summed E-state index contributed by atoms with van der Waals surface area (Å²) in [6.07, 6.45) is 0.670. The molecule has 4 heteroatoms. The molecule has 1 aromatic carbocycles. The van der Waals surface area contributed by atoms with Gasteiger partial charge in [0.25, 0.3) is 5.56 Å². The molecule has 0 saturated heterocycles. The number of nitrogens with zero attached hydrogens (tertiary/aromatic N) is 1. The molecule has 0 unspecified atom stereocenters. The van der Waals surface area contributed by atoms with Crippen LogP contribution in [0.1, 0.15) is 6.42 Å². The number of nitrogens with one attached hydrogen (secondary N) is 1. The van der Waals surface area contributed by atoms with Crippen LogP contribution in [0.3, 0.4) is 0 Å². The van der Waals surface area contributed by atoms with Crippen molar-refractivity contribution in [2.24, 2.45) is 7.05 Å². The molecule has 2 rings (SSSR count). The first-order valence-electron chi connectivity index (χ1n) is 5.67. The molecule has 17 heavy (non-hydrogen) atoms. The summed E-state index contributed by atoms with van der Waals surface area (Å²) in [6.45, 7) is 0.809. The highest BCUT2D eigenvalue weighted by molar-refractivity contribution is 5.91. The van der Waals surface area contributed by atoms with Crippen LogP contribution in [0.4, 0.5) is 5.69 Å². The maximum absolute atomic E-state index is 11.8. The average Bonchev–Trinajstić information content (AvgIpc) is 2.36. The van der Waals surface area contributed by atoms with Crippen molar-refractivity contribution in [1.82, 2.24) is 4.57 Å². The molecule has 1 aromatic heterocycles. The smallest absolute Gasteiger partial charge is 0.252 e. The third-order valence-corrected chi connectivity index (χ3v) is 2.80. The number of aromatic nitrogens is 1. The topological polar surface area (TPSA) is 54.3 Å². The van der Waals surface area contributed by atoms with E-state index in [-0.39, 0.29) is 12.2 Å². The second-order valence-electron chi connectivity index (χ2n) is 3.98. The lowest BCUT2D eigenvalue weighted by atomic mass is 10.2. The standard InChI is InChI=1S/C13H16N2O2/c1-15-12-6-3-2-5-10(12)11(9-13(15)17)14-7-4-8-16/h2-3,5-6,9,14,16H,4,7-8H2,1H3. The monoisotopic (exact) mass is 232 g/mol. The zero-order valence-corrected chi connectivity index (χ0v) is 9.81. The van der Waals surface area contributed by atoms with Gasteiger partial charge in [-0.25, -0.2) is 0 Å². The molecular weight excluding hydrogens is 216 g/mol. The Morgan fingerprint density at radius 1 is 1.35 bits per heavy atom. The number of hydrogen-bond donors (Lipinski definition) is 2. The molecule has 0 amide bonds. The van der Waals surface area contributed by atoms with Gasteiger partial charge in [-0.05, 0) is 12.5 Å². The van der Waals surface area contributed by atoms with Gasteiger partial charge in [-0.2, -0.15) is 0 Å². The van der Waals surface area contributed by atoms with Crippen LogP contribution in [-0.2, 0) is 7.05 Å². The SMILES string of the molecule is Cn1c(=O)cc(NCCCO)c2ccccc21. The summed E-state index contributed by atoms with van der Waals surface area (Å²) < 4.78 is 1.63. The number of benzene rings is 1. The highest BCUT2D eigenvalue weighted by atomic mass is 16.3. The Kier molecular flexibility index (Phi) is 3.44. The summed E-state index contributed by atoms with van der Waals surface area (Å²) in [5, 5.41) is 13.0. The number of rotatable bonds is 4. The van der Waals surface area contributed by atoms with Crippen molar-refractivity contribution in [3.8, 4) is 0 Å². The van der Waals surface area contributed by atoms with Gasteiger partial charge in [0, 0.05) is 37.3 Å². The van der Waals surface area contributed by atoms with Gasteiger partial charge in [-0.15, -0.1) is 0 Å². The van der Waals surface area contributed by atoms with E-state index in [4.69, 9.17) is 5.11 Å². The molecule has 0 aliphatic rings. The largest absolute Gasteiger partial charge is 0.396 e. The predicted molar refractivity (Wildman–Crippen MR) is 69.4 cm³/mol. The molecule has 1 heterocycles. The quantitative estimate of drug-likeness (QED) is 0.782. The molecule has 0 spiro atoms. The van der Waals surface area contributed by atoms with E-state index in [0.29, 0.717) is 13.0 Å². The highest BCUT2D eigenvalue weighted by Crippen LogP contribution is 2.20. The third-order valence-electron chi connectivity index (χ3n) is 2.80. The van der Waals surface area contributed by atoms with E-state index in [1.165, 1.54) is 0 Å². The van der Waals surface area contributed by atoms with Crippen LogP contribution < -0.4 is 10.9 Å². The molecule has 90 valence electrons. The van der Waals surface area contributed by atoms with E-state index < -0.39 is 0 Å². The molecule has 2 aromatic rings. The highest BCUT2D eigenvalue weighted by Gasteiger charge is 2.04. The van der Waals surface area contributed by atoms with Gasteiger partial charge in [0.15, 0.2) is 0 Å². The van der Waals surface area contributed by atoms with E-state index in [1.54, 1.807) is 17.7 Å². The maximum atomic E-state index is 11.8. The number of fused-ring (bicyclic) bond motifs is 1. The molecule has 0 saturated carbocycles. The number of para-hydroxylation sites is 1. The molecule has 0 atom stereocenters. The van der Waals surface area contributed by atoms with Gasteiger partial charge in [-0.3, -0.25) is 4.79 Å². The zero-order valence-electron chi connectivity index (χ0n) is 9.81. The van der Waals surface area contributed by atoms with Crippen molar-refractivity contribution >= 4 is 16.6 Å². The minimum absolute atomic E-state index is 0.0322. The van der Waals surface area contributed by atoms with Crippen LogP contribution in [0, 0.1) is 0 Å². The molecule has 4 nitrogen and oxygen atoms in total. The van der Waals surface area contributed by atoms with Crippen molar-refractivity contribution in [3.63, 3.8) is 0 Å². The van der Waals surface area contributed by atoms with Crippen molar-refractivity contribution in [2.75, 3.05) is 18.5 Å². The molecule has 0 aliphatic heterocycles. The number of hydrogen-bond acceptors (Lipinski definition) is 3. The Morgan fingerprint density at radius 3 is 2.88 bits per heavy atom. The van der Waals surface area contributed by atoms with Crippen LogP contribution in [0.15, 0.2) is 35.1 Å². The maximum Gasteiger partial charge on any atom is 0.252 e. The van der Waals surface area contributed by atoms with Crippen LogP contribution >= 0.6 is 0 Å². The second kappa shape index (κ2) is 5.01. The Bertz CT molecular complexity index is 575. The summed E-state index contributed by atoms with van der Waals surface area (Å²) in [6, 6.07) is 9.37. The van der Waals surface area contributed by atoms with Gasteiger partial charge in [-0.1, -0.05) is 18.2 Å². The predicted octanol–water partition coefficient (Wildman–Crippen LogP) is 1.33. The number of aryl methyl sites for hydroxylation is 1. The van der Waals surface area contributed by atoms with Crippen LogP contribution in [-0.4, -0.2) is 22.8 Å². The van der Waals surface area contributed by atoms with E-state index in [2.05, 4.69) is 5.32 Å². The summed E-state index contributed by atoms with van der Waals surface area (Å²) in [5.41, 5.74) is 1.71. The van der Waals surface area contributed by atoms with E-state index in [9.17, 15) is 4.79 Å². The minimum atomic E-state index is -0.0322. The van der Waals surface area contributed by atoms with Gasteiger partial charge in [0.2, 0.25) is 0 Å². The number of pyridine rings is 1. The van der Waals surface area contributed by atoms with E-state index >= 15 is 0 Å². The van der Waals surface area contributed by atoms with Gasteiger partial charge >= 0.3 is 0 Å². The summed E-state index contributed by atoms with van der Waals surface area (Å²) in [7, 11) is 1.77. The lowest BCUT2D eigenvalue weighted by Crippen LogP contribution is -2.17. The molecule has 0 bridgehead atoms. The summed E-state index contributed by atoms with van der Waals surface area (Å²) in [5.74, 6) is 0. The van der Waals surface area contributed by atoms with Crippen molar-refractivity contribution < 1.29 is 5.11 Å². The molecular formula is C13H16N2O2. The lowest BCUT2D eigenvalue weighted by molar-refractivity contribution is 0.292. The fraction of sp³-hybridized carbons (Fsp3) is 0.308. The van der Waals surface area contributed by atoms with Crippen molar-refractivity contribution in [1.29, 1.82) is 0 Å². The Hall–Kier alpha value is -1.81. The molecule has 0 aliphatic carbocycles. The van der Waals surface area contributed by atoms with E-state index in [0.717, 1.165) is 16.6 Å². The van der Waals surface area contributed by atoms with Crippen molar-refractivity contribution in [2.45, 2.75) is 6.42 Å². The van der Waals surface area contributed by atoms with Crippen molar-refractivity contribution in [3.05, 3.63) is 40.7 Å². The first-order valence-corrected chi connectivity index (χ1v) is 5.67. The van der Waals surface area contributed by atoms with Crippen LogP contribution in [0.2, 0.25) is 0 Å². The number of aliphatic hydroxyl groups is 1. The minimum Gasteiger partial charge on any atom is -0.396 e. The molecule has 2 N–H and O–H groups in total. The Morgan fingerprint density at radius 2 is 2.12 bits per heavy atom. The number of anilines is 1. The normalized spacial score (nSPS) is 10.7. The van der Waals surface area contributed by atoms with Crippen LogP contribution in [0.5, 0.6) is 0 Å². The zero-order chi connectivity index (χ0) is 12.3. The van der Waals surface area contributed by atoms with Gasteiger partial charge in [0.05, 0.1) is 5.52 Å². The lowest BCUT2D eigenvalue weighted by Gasteiger charge is -2.11. The summed E-state index contributed by atoms with van der Waals surface area (Å²) in [4.78, 5) is 11.8. The molecule has 0 fully saturated rings. The third kappa shape index (κ3) is 2.31. The van der Waals surface area contributed by atoms with Gasteiger partial charge in [0.1, 0.15) is 0 Å².